The Morgan fingerprint density at radius 3 is 2.75 bits per heavy atom. The normalized spacial score (nSPS) is 36.8. The predicted molar refractivity (Wildman–Crippen MR) is 76.1 cm³/mol. The summed E-state index contributed by atoms with van der Waals surface area (Å²) in [5, 5.41) is 6.46. The van der Waals surface area contributed by atoms with Gasteiger partial charge < -0.3 is 15.5 Å². The van der Waals surface area contributed by atoms with Gasteiger partial charge in [-0.1, -0.05) is 12.8 Å². The van der Waals surface area contributed by atoms with Crippen molar-refractivity contribution in [1.82, 2.24) is 15.5 Å². The van der Waals surface area contributed by atoms with E-state index in [4.69, 9.17) is 0 Å². The van der Waals surface area contributed by atoms with Crippen LogP contribution in [0.5, 0.6) is 0 Å². The fourth-order valence-corrected chi connectivity index (χ4v) is 4.10. The molecule has 3 fully saturated rings. The Hall–Kier alpha value is -1.10. The van der Waals surface area contributed by atoms with E-state index in [0.29, 0.717) is 18.5 Å². The molecule has 2 N–H and O–H groups in total. The van der Waals surface area contributed by atoms with Gasteiger partial charge in [0.25, 0.3) is 0 Å². The van der Waals surface area contributed by atoms with E-state index < -0.39 is 0 Å². The number of carbonyl (C=O) groups is 2. The Labute approximate surface area is 120 Å². The third kappa shape index (κ3) is 2.82. The van der Waals surface area contributed by atoms with E-state index >= 15 is 0 Å². The minimum Gasteiger partial charge on any atom is -0.352 e. The molecule has 5 nitrogen and oxygen atoms in total. The predicted octanol–water partition coefficient (Wildman–Crippen LogP) is 0.644. The van der Waals surface area contributed by atoms with Crippen LogP contribution in [0.25, 0.3) is 0 Å². The van der Waals surface area contributed by atoms with Gasteiger partial charge in [0, 0.05) is 32.1 Å². The smallest absolute Gasteiger partial charge is 0.239 e. The maximum absolute atomic E-state index is 12.6. The lowest BCUT2D eigenvalue weighted by Gasteiger charge is -2.24. The Kier molecular flexibility index (Phi) is 3.96. The maximum Gasteiger partial charge on any atom is 0.239 e. The first-order valence-corrected chi connectivity index (χ1v) is 7.95. The second kappa shape index (κ2) is 5.72. The Balaban J connectivity index is 1.53. The molecule has 112 valence electrons. The van der Waals surface area contributed by atoms with E-state index in [0.717, 1.165) is 19.4 Å². The molecule has 0 aromatic heterocycles. The fourth-order valence-electron chi connectivity index (χ4n) is 4.10. The molecule has 2 amide bonds. The van der Waals surface area contributed by atoms with Gasteiger partial charge in [-0.25, -0.2) is 0 Å². The quantitative estimate of drug-likeness (QED) is 0.780. The number of carbonyl (C=O) groups excluding carboxylic acids is 2. The molecular weight excluding hydrogens is 254 g/mol. The van der Waals surface area contributed by atoms with Crippen molar-refractivity contribution in [1.29, 1.82) is 0 Å². The van der Waals surface area contributed by atoms with Crippen LogP contribution in [0.1, 0.15) is 45.4 Å². The van der Waals surface area contributed by atoms with Gasteiger partial charge in [-0.05, 0) is 31.6 Å². The molecule has 0 radical (unpaired) electrons. The highest BCUT2D eigenvalue weighted by atomic mass is 16.2. The van der Waals surface area contributed by atoms with Crippen molar-refractivity contribution in [3.8, 4) is 0 Å². The van der Waals surface area contributed by atoms with Gasteiger partial charge in [-0.2, -0.15) is 0 Å². The van der Waals surface area contributed by atoms with Crippen molar-refractivity contribution in [3.05, 3.63) is 0 Å². The number of likely N-dealkylation sites (tertiary alicyclic amines) is 1. The highest BCUT2D eigenvalue weighted by Crippen LogP contribution is 2.33. The number of nitrogens with zero attached hydrogens (tertiary/aromatic N) is 1. The molecule has 0 bridgehead atoms. The molecule has 0 aromatic carbocycles. The molecule has 2 saturated heterocycles. The van der Waals surface area contributed by atoms with Crippen LogP contribution in [0.2, 0.25) is 0 Å². The van der Waals surface area contributed by atoms with Gasteiger partial charge in [-0.3, -0.25) is 9.59 Å². The SMILES string of the molecule is CC(=O)NC1CCN(C(=O)C2CC3CCCCC3N2)C1. The molecule has 3 aliphatic rings. The zero-order valence-electron chi connectivity index (χ0n) is 12.2. The number of hydrogen-bond acceptors (Lipinski definition) is 3. The largest absolute Gasteiger partial charge is 0.352 e. The van der Waals surface area contributed by atoms with Crippen LogP contribution >= 0.6 is 0 Å². The standard InChI is InChI=1S/C15H25N3O2/c1-10(19)16-12-6-7-18(9-12)15(20)14-8-11-4-2-3-5-13(11)17-14/h11-14,17H,2-9H2,1H3,(H,16,19). The summed E-state index contributed by atoms with van der Waals surface area (Å²) in [6.45, 7) is 2.98. The molecule has 20 heavy (non-hydrogen) atoms. The summed E-state index contributed by atoms with van der Waals surface area (Å²) in [6, 6.07) is 0.714. The maximum atomic E-state index is 12.6. The third-order valence-corrected chi connectivity index (χ3v) is 5.07. The number of fused-ring (bicyclic) bond motifs is 1. The van der Waals surface area contributed by atoms with Crippen LogP contribution < -0.4 is 10.6 Å². The van der Waals surface area contributed by atoms with E-state index in [9.17, 15) is 9.59 Å². The summed E-state index contributed by atoms with van der Waals surface area (Å²) >= 11 is 0. The van der Waals surface area contributed by atoms with Crippen LogP contribution in [0.4, 0.5) is 0 Å². The molecule has 4 unspecified atom stereocenters. The summed E-state index contributed by atoms with van der Waals surface area (Å²) < 4.78 is 0. The van der Waals surface area contributed by atoms with E-state index in [1.807, 2.05) is 4.90 Å². The third-order valence-electron chi connectivity index (χ3n) is 5.07. The summed E-state index contributed by atoms with van der Waals surface area (Å²) in [4.78, 5) is 25.6. The average Bonchev–Trinajstić information content (AvgIpc) is 3.03. The molecular formula is C15H25N3O2. The summed E-state index contributed by atoms with van der Waals surface area (Å²) in [7, 11) is 0. The van der Waals surface area contributed by atoms with E-state index in [1.54, 1.807) is 0 Å². The van der Waals surface area contributed by atoms with Crippen LogP contribution in [-0.4, -0.2) is 47.9 Å². The first-order chi connectivity index (χ1) is 9.63. The highest BCUT2D eigenvalue weighted by Gasteiger charge is 2.40. The van der Waals surface area contributed by atoms with Crippen molar-refractivity contribution in [3.63, 3.8) is 0 Å². The number of hydrogen-bond donors (Lipinski definition) is 2. The van der Waals surface area contributed by atoms with Gasteiger partial charge in [0.2, 0.25) is 11.8 Å². The minimum atomic E-state index is -0.00527. The Morgan fingerprint density at radius 1 is 1.20 bits per heavy atom. The van der Waals surface area contributed by atoms with E-state index in [1.165, 1.54) is 32.6 Å². The molecule has 1 saturated carbocycles. The molecule has 5 heteroatoms. The van der Waals surface area contributed by atoms with E-state index in [2.05, 4.69) is 10.6 Å². The van der Waals surface area contributed by atoms with Gasteiger partial charge >= 0.3 is 0 Å². The second-order valence-electron chi connectivity index (χ2n) is 6.58. The lowest BCUT2D eigenvalue weighted by Crippen LogP contribution is -2.46. The molecule has 0 aromatic rings. The van der Waals surface area contributed by atoms with Crippen LogP contribution in [0, 0.1) is 5.92 Å². The summed E-state index contributed by atoms with van der Waals surface area (Å²) in [5.74, 6) is 0.938. The molecule has 4 atom stereocenters. The molecule has 0 spiro atoms. The first-order valence-electron chi connectivity index (χ1n) is 7.95. The van der Waals surface area contributed by atoms with Gasteiger partial charge in [-0.15, -0.1) is 0 Å². The van der Waals surface area contributed by atoms with Gasteiger partial charge in [0.05, 0.1) is 6.04 Å². The van der Waals surface area contributed by atoms with Crippen molar-refractivity contribution in [2.75, 3.05) is 13.1 Å². The fraction of sp³-hybridized carbons (Fsp3) is 0.867. The van der Waals surface area contributed by atoms with Crippen molar-refractivity contribution in [2.24, 2.45) is 5.92 Å². The second-order valence-corrected chi connectivity index (χ2v) is 6.58. The monoisotopic (exact) mass is 279 g/mol. The lowest BCUT2D eigenvalue weighted by molar-refractivity contribution is -0.132. The average molecular weight is 279 g/mol. The Morgan fingerprint density at radius 2 is 2.00 bits per heavy atom. The molecule has 2 heterocycles. The number of rotatable bonds is 2. The van der Waals surface area contributed by atoms with Crippen LogP contribution in [-0.2, 0) is 9.59 Å². The Bertz CT molecular complexity index is 385. The highest BCUT2D eigenvalue weighted by molar-refractivity contribution is 5.83. The molecule has 1 aliphatic carbocycles. The minimum absolute atomic E-state index is 0.00527. The van der Waals surface area contributed by atoms with Crippen LogP contribution in [0.15, 0.2) is 0 Å². The van der Waals surface area contributed by atoms with Gasteiger partial charge in [0.1, 0.15) is 0 Å². The van der Waals surface area contributed by atoms with Crippen molar-refractivity contribution in [2.45, 2.75) is 63.6 Å². The summed E-state index contributed by atoms with van der Waals surface area (Å²) in [5.41, 5.74) is 0. The van der Waals surface area contributed by atoms with Crippen molar-refractivity contribution < 1.29 is 9.59 Å². The van der Waals surface area contributed by atoms with Crippen molar-refractivity contribution >= 4 is 11.8 Å². The van der Waals surface area contributed by atoms with E-state index in [-0.39, 0.29) is 23.9 Å². The molecule has 2 aliphatic heterocycles. The first kappa shape index (κ1) is 13.9. The summed E-state index contributed by atoms with van der Waals surface area (Å²) in [6.07, 6.45) is 7.00. The van der Waals surface area contributed by atoms with Crippen LogP contribution in [0.3, 0.4) is 0 Å². The lowest BCUT2D eigenvalue weighted by atomic mass is 9.85. The number of amides is 2. The van der Waals surface area contributed by atoms with Gasteiger partial charge in [0.15, 0.2) is 0 Å². The topological polar surface area (TPSA) is 61.4 Å². The zero-order valence-corrected chi connectivity index (χ0v) is 12.2. The molecule has 3 rings (SSSR count). The number of nitrogens with one attached hydrogen (secondary N) is 2. The zero-order chi connectivity index (χ0) is 14.1.